The van der Waals surface area contributed by atoms with Gasteiger partial charge in [-0.2, -0.15) is 4.57 Å². The summed E-state index contributed by atoms with van der Waals surface area (Å²) in [6.07, 6.45) is 27.7. The molecule has 0 bridgehead atoms. The Morgan fingerprint density at radius 2 is 1.42 bits per heavy atom. The van der Waals surface area contributed by atoms with Crippen molar-refractivity contribution in [2.24, 2.45) is 7.05 Å². The molecule has 0 aliphatic rings. The number of unbranched alkanes of at least 4 members (excludes halogenated alkanes) is 11. The average Bonchev–Trinajstić information content (AvgIpc) is 3.04. The van der Waals surface area contributed by atoms with E-state index in [2.05, 4.69) is 19.1 Å². The van der Waals surface area contributed by atoms with Gasteiger partial charge in [-0.25, -0.2) is 9.36 Å². The first kappa shape index (κ1) is 24.9. The molecule has 0 aliphatic heterocycles. The van der Waals surface area contributed by atoms with Gasteiger partial charge in [-0.1, -0.05) is 70.4 Å². The van der Waals surface area contributed by atoms with Crippen molar-refractivity contribution < 1.29 is 21.8 Å². The van der Waals surface area contributed by atoms with Gasteiger partial charge >= 0.3 is 5.91 Å². The molecule has 150 valence electrons. The average molecular weight is 383 g/mol. The van der Waals surface area contributed by atoms with Crippen molar-refractivity contribution in [1.82, 2.24) is 4.57 Å². The molecule has 0 aromatic carbocycles. The summed E-state index contributed by atoms with van der Waals surface area (Å²) >= 11 is 0. The second kappa shape index (κ2) is 17.3. The third-order valence-corrected chi connectivity index (χ3v) is 4.71. The van der Waals surface area contributed by atoms with Crippen LogP contribution in [-0.4, -0.2) is 10.5 Å². The van der Waals surface area contributed by atoms with E-state index in [1.165, 1.54) is 77.0 Å². The molecule has 1 rings (SSSR count). The highest BCUT2D eigenvalue weighted by Gasteiger charge is 2.10. The number of aryl methyl sites for hydroxylation is 1. The van der Waals surface area contributed by atoms with E-state index >= 15 is 0 Å². The van der Waals surface area contributed by atoms with E-state index in [9.17, 15) is 4.79 Å². The molecular weight excluding hydrogens is 344 g/mol. The number of carbonyl (C=O) groups is 1. The van der Waals surface area contributed by atoms with Crippen LogP contribution in [0.15, 0.2) is 30.9 Å². The number of aromatic nitrogens is 2. The molecule has 0 atom stereocenters. The van der Waals surface area contributed by atoms with Gasteiger partial charge in [0.2, 0.25) is 0 Å². The minimum Gasteiger partial charge on any atom is -1.00 e. The number of hydrogen-bond acceptors (Lipinski definition) is 1. The maximum atomic E-state index is 11.9. The van der Waals surface area contributed by atoms with Crippen molar-refractivity contribution in [1.29, 1.82) is 0 Å². The maximum Gasteiger partial charge on any atom is 0.313 e. The molecule has 0 N–H and O–H groups in total. The van der Waals surface area contributed by atoms with Crippen LogP contribution in [0.2, 0.25) is 0 Å². The Morgan fingerprint density at radius 1 is 0.885 bits per heavy atom. The van der Waals surface area contributed by atoms with E-state index < -0.39 is 0 Å². The number of hydrogen-bond donors (Lipinski definition) is 0. The largest absolute Gasteiger partial charge is 1.00 e. The van der Waals surface area contributed by atoms with Crippen LogP contribution in [-0.2, 0) is 7.05 Å². The molecule has 26 heavy (non-hydrogen) atoms. The molecule has 0 spiro atoms. The molecule has 0 aliphatic carbocycles. The Labute approximate surface area is 167 Å². The molecule has 0 saturated carbocycles. The normalized spacial score (nSPS) is 11.0. The highest BCUT2D eigenvalue weighted by Crippen LogP contribution is 2.10. The minimum atomic E-state index is 0. The predicted octanol–water partition coefficient (Wildman–Crippen LogP) is 2.99. The predicted molar refractivity (Wildman–Crippen MR) is 106 cm³/mol. The minimum absolute atomic E-state index is 0. The fourth-order valence-electron chi connectivity index (χ4n) is 3.07. The molecule has 0 unspecified atom stereocenters. The third-order valence-electron chi connectivity index (χ3n) is 4.71. The van der Waals surface area contributed by atoms with Gasteiger partial charge in [0.05, 0.1) is 13.5 Å². The number of allylic oxidation sites excluding steroid dienone is 2. The number of halogens is 1. The highest BCUT2D eigenvalue weighted by molar-refractivity contribution is 5.78. The first-order valence-corrected chi connectivity index (χ1v) is 10.5. The van der Waals surface area contributed by atoms with Crippen LogP contribution in [0.25, 0.3) is 0 Å². The Kier molecular flexibility index (Phi) is 16.6. The Hall–Kier alpha value is -1.09. The summed E-state index contributed by atoms with van der Waals surface area (Å²) in [7, 11) is 1.94. The maximum absolute atomic E-state index is 11.9. The Morgan fingerprint density at radius 3 is 1.96 bits per heavy atom. The van der Waals surface area contributed by atoms with Gasteiger partial charge in [-0.3, -0.25) is 0 Å². The number of nitrogens with zero attached hydrogens (tertiary/aromatic N) is 2. The lowest BCUT2D eigenvalue weighted by Gasteiger charge is -1.99. The summed E-state index contributed by atoms with van der Waals surface area (Å²) in [4.78, 5) is 11.9. The fourth-order valence-corrected chi connectivity index (χ4v) is 3.07. The van der Waals surface area contributed by atoms with Gasteiger partial charge in [-0.15, -0.1) is 0 Å². The van der Waals surface area contributed by atoms with Gasteiger partial charge in [0.25, 0.3) is 6.33 Å². The van der Waals surface area contributed by atoms with Crippen molar-refractivity contribution >= 4 is 5.91 Å². The zero-order chi connectivity index (χ0) is 18.2. The lowest BCUT2D eigenvalue weighted by Crippen LogP contribution is -3.00. The number of imidazole rings is 1. The van der Waals surface area contributed by atoms with E-state index in [-0.39, 0.29) is 18.3 Å². The molecule has 1 aromatic rings. The smallest absolute Gasteiger partial charge is 0.313 e. The molecular formula is C22H39ClN2O. The van der Waals surface area contributed by atoms with Crippen molar-refractivity contribution in [3.05, 3.63) is 30.9 Å². The Bertz CT molecular complexity index is 482. The topological polar surface area (TPSA) is 25.9 Å². The van der Waals surface area contributed by atoms with E-state index in [4.69, 9.17) is 0 Å². The first-order valence-electron chi connectivity index (χ1n) is 10.5. The zero-order valence-corrected chi connectivity index (χ0v) is 17.7. The van der Waals surface area contributed by atoms with Crippen molar-refractivity contribution in [3.8, 4) is 0 Å². The SMILES string of the molecule is CCCCCCCCC=CCCCCCCCC(=O)n1cc[n+](C)c1.[Cl-]. The summed E-state index contributed by atoms with van der Waals surface area (Å²) < 4.78 is 3.59. The summed E-state index contributed by atoms with van der Waals surface area (Å²) in [5.74, 6) is 0.207. The summed E-state index contributed by atoms with van der Waals surface area (Å²) in [5.41, 5.74) is 0. The summed E-state index contributed by atoms with van der Waals surface area (Å²) in [6, 6.07) is 0. The lowest BCUT2D eigenvalue weighted by molar-refractivity contribution is -0.670. The van der Waals surface area contributed by atoms with Crippen LogP contribution in [0.4, 0.5) is 0 Å². The molecule has 1 aromatic heterocycles. The number of rotatable bonds is 15. The van der Waals surface area contributed by atoms with Crippen molar-refractivity contribution in [2.45, 2.75) is 96.8 Å². The van der Waals surface area contributed by atoms with Crippen molar-refractivity contribution in [2.75, 3.05) is 0 Å². The van der Waals surface area contributed by atoms with Gasteiger partial charge in [0.1, 0.15) is 12.4 Å². The summed E-state index contributed by atoms with van der Waals surface area (Å²) in [5, 5.41) is 0. The second-order valence-electron chi connectivity index (χ2n) is 7.21. The molecule has 4 heteroatoms. The van der Waals surface area contributed by atoms with Crippen LogP contribution in [0.3, 0.4) is 0 Å². The van der Waals surface area contributed by atoms with Crippen LogP contribution in [0.5, 0.6) is 0 Å². The lowest BCUT2D eigenvalue weighted by atomic mass is 10.1. The van der Waals surface area contributed by atoms with Crippen LogP contribution < -0.4 is 17.0 Å². The molecule has 1 heterocycles. The van der Waals surface area contributed by atoms with Gasteiger partial charge < -0.3 is 12.4 Å². The molecule has 0 amide bonds. The quantitative estimate of drug-likeness (QED) is 0.260. The van der Waals surface area contributed by atoms with E-state index in [0.717, 1.165) is 6.42 Å². The molecule has 0 fully saturated rings. The third kappa shape index (κ3) is 13.2. The van der Waals surface area contributed by atoms with Crippen LogP contribution in [0, 0.1) is 0 Å². The Balaban J connectivity index is 0.00000625. The monoisotopic (exact) mass is 382 g/mol. The van der Waals surface area contributed by atoms with Gasteiger partial charge in [0, 0.05) is 0 Å². The zero-order valence-electron chi connectivity index (χ0n) is 17.0. The first-order chi connectivity index (χ1) is 12.2. The van der Waals surface area contributed by atoms with Gasteiger partial charge in [-0.05, 0) is 32.1 Å². The standard InChI is InChI=1S/C22H39N2O.ClH/c1-3-4-5-6-7-8-9-10-11-12-13-14-15-16-17-18-22(25)24-20-19-23(2)21-24;/h10-11,19-21H,3-9,12-18H2,1-2H3;1H/q+1;/p-1. The number of carbonyl (C=O) groups excluding carboxylic acids is 1. The second-order valence-corrected chi connectivity index (χ2v) is 7.21. The van der Waals surface area contributed by atoms with E-state index in [0.29, 0.717) is 6.42 Å². The van der Waals surface area contributed by atoms with Crippen LogP contribution in [0.1, 0.15) is 102 Å². The van der Waals surface area contributed by atoms with Crippen LogP contribution >= 0.6 is 0 Å². The summed E-state index contributed by atoms with van der Waals surface area (Å²) in [6.45, 7) is 2.27. The molecule has 3 nitrogen and oxygen atoms in total. The van der Waals surface area contributed by atoms with Crippen molar-refractivity contribution in [3.63, 3.8) is 0 Å². The van der Waals surface area contributed by atoms with E-state index in [1.54, 1.807) is 4.57 Å². The molecule has 0 radical (unpaired) electrons. The van der Waals surface area contributed by atoms with E-state index in [1.807, 2.05) is 30.3 Å². The highest BCUT2D eigenvalue weighted by atomic mass is 35.5. The molecule has 0 saturated heterocycles. The van der Waals surface area contributed by atoms with Gasteiger partial charge in [0.15, 0.2) is 0 Å². The fraction of sp³-hybridized carbons (Fsp3) is 0.727.